The molecule has 0 bridgehead atoms. The minimum absolute atomic E-state index is 0.199. The van der Waals surface area contributed by atoms with Gasteiger partial charge in [-0.05, 0) is 19.1 Å². The summed E-state index contributed by atoms with van der Waals surface area (Å²) in [6.45, 7) is 3.72. The van der Waals surface area contributed by atoms with Crippen LogP contribution in [0.1, 0.15) is 18.9 Å². The summed E-state index contributed by atoms with van der Waals surface area (Å²) in [4.78, 5) is 11.2. The van der Waals surface area contributed by atoms with E-state index in [0.29, 0.717) is 12.2 Å². The molecule has 0 N–H and O–H groups in total. The van der Waals surface area contributed by atoms with Crippen molar-refractivity contribution in [3.05, 3.63) is 36.2 Å². The fourth-order valence-corrected chi connectivity index (χ4v) is 1.55. The molecule has 0 fully saturated rings. The van der Waals surface area contributed by atoms with Gasteiger partial charge in [-0.2, -0.15) is 0 Å². The van der Waals surface area contributed by atoms with Gasteiger partial charge in [-0.25, -0.2) is 0 Å². The molecule has 0 spiro atoms. The highest BCUT2D eigenvalue weighted by atomic mass is 16.5. The van der Waals surface area contributed by atoms with Crippen molar-refractivity contribution in [2.24, 2.45) is 0 Å². The van der Waals surface area contributed by atoms with Crippen LogP contribution in [-0.2, 0) is 4.79 Å². The summed E-state index contributed by atoms with van der Waals surface area (Å²) in [5.74, 6) is 0.470. The Morgan fingerprint density at radius 2 is 2.27 bits per heavy atom. The number of hydrogen-bond acceptors (Lipinski definition) is 2. The summed E-state index contributed by atoms with van der Waals surface area (Å²) in [6, 6.07) is 5.81. The van der Waals surface area contributed by atoms with Crippen molar-refractivity contribution in [2.75, 3.05) is 0 Å². The van der Waals surface area contributed by atoms with Gasteiger partial charge >= 0.3 is 5.97 Å². The van der Waals surface area contributed by atoms with E-state index in [1.807, 2.05) is 41.9 Å². The molecule has 0 aliphatic rings. The first-order valence-electron chi connectivity index (χ1n) is 4.99. The van der Waals surface area contributed by atoms with Gasteiger partial charge in [0, 0.05) is 24.4 Å². The zero-order valence-electron chi connectivity index (χ0n) is 8.86. The Bertz CT molecular complexity index is 499. The van der Waals surface area contributed by atoms with Crippen LogP contribution in [0.2, 0.25) is 0 Å². The lowest BCUT2D eigenvalue weighted by molar-refractivity contribution is -0.133. The maximum Gasteiger partial charge on any atom is 0.310 e. The molecule has 2 heterocycles. The van der Waals surface area contributed by atoms with Crippen molar-refractivity contribution in [3.8, 4) is 5.75 Å². The molecule has 0 unspecified atom stereocenters. The van der Waals surface area contributed by atoms with Crippen molar-refractivity contribution in [1.29, 1.82) is 0 Å². The number of ether oxygens (including phenoxy) is 1. The van der Waals surface area contributed by atoms with Gasteiger partial charge in [0.2, 0.25) is 0 Å². The third-order valence-corrected chi connectivity index (χ3v) is 2.32. The lowest BCUT2D eigenvalue weighted by Crippen LogP contribution is -2.05. The van der Waals surface area contributed by atoms with E-state index in [-0.39, 0.29) is 5.97 Å². The SMILES string of the molecule is CCC(=O)Oc1c(C)cn2ccccc12. The van der Waals surface area contributed by atoms with Gasteiger partial charge in [-0.1, -0.05) is 13.0 Å². The number of nitrogens with zero attached hydrogens (tertiary/aromatic N) is 1. The van der Waals surface area contributed by atoms with Crippen LogP contribution in [-0.4, -0.2) is 10.4 Å². The summed E-state index contributed by atoms with van der Waals surface area (Å²) >= 11 is 0. The van der Waals surface area contributed by atoms with Crippen LogP contribution in [0, 0.1) is 6.92 Å². The highest BCUT2D eigenvalue weighted by Gasteiger charge is 2.11. The maximum absolute atomic E-state index is 11.2. The van der Waals surface area contributed by atoms with Crippen molar-refractivity contribution in [2.45, 2.75) is 20.3 Å². The van der Waals surface area contributed by atoms with Crippen LogP contribution in [0.15, 0.2) is 30.6 Å². The van der Waals surface area contributed by atoms with E-state index in [2.05, 4.69) is 0 Å². The van der Waals surface area contributed by atoms with Gasteiger partial charge in [-0.3, -0.25) is 4.79 Å². The lowest BCUT2D eigenvalue weighted by atomic mass is 10.3. The molecule has 0 atom stereocenters. The average Bonchev–Trinajstić information content (AvgIpc) is 2.55. The van der Waals surface area contributed by atoms with E-state index < -0.39 is 0 Å². The van der Waals surface area contributed by atoms with E-state index in [1.54, 1.807) is 6.92 Å². The fraction of sp³-hybridized carbons (Fsp3) is 0.250. The molecule has 78 valence electrons. The Balaban J connectivity index is 2.49. The first-order valence-corrected chi connectivity index (χ1v) is 4.99. The first kappa shape index (κ1) is 9.77. The second kappa shape index (κ2) is 3.77. The van der Waals surface area contributed by atoms with Crippen molar-refractivity contribution < 1.29 is 9.53 Å². The van der Waals surface area contributed by atoms with Crippen molar-refractivity contribution >= 4 is 11.5 Å². The molecule has 0 saturated carbocycles. The number of esters is 1. The predicted molar refractivity (Wildman–Crippen MR) is 58.1 cm³/mol. The fourth-order valence-electron chi connectivity index (χ4n) is 1.55. The van der Waals surface area contributed by atoms with Crippen molar-refractivity contribution in [3.63, 3.8) is 0 Å². The molecule has 2 rings (SSSR count). The second-order valence-corrected chi connectivity index (χ2v) is 3.46. The van der Waals surface area contributed by atoms with Crippen LogP contribution < -0.4 is 4.74 Å². The summed E-state index contributed by atoms with van der Waals surface area (Å²) < 4.78 is 7.24. The molecular weight excluding hydrogens is 190 g/mol. The number of hydrogen-bond donors (Lipinski definition) is 0. The summed E-state index contributed by atoms with van der Waals surface area (Å²) in [6.07, 6.45) is 4.28. The normalized spacial score (nSPS) is 10.5. The number of pyridine rings is 1. The smallest absolute Gasteiger partial charge is 0.310 e. The van der Waals surface area contributed by atoms with E-state index in [4.69, 9.17) is 4.74 Å². The molecule has 0 radical (unpaired) electrons. The van der Waals surface area contributed by atoms with Crippen LogP contribution >= 0.6 is 0 Å². The predicted octanol–water partition coefficient (Wildman–Crippen LogP) is 2.56. The largest absolute Gasteiger partial charge is 0.424 e. The highest BCUT2D eigenvalue weighted by molar-refractivity contribution is 5.77. The standard InChI is InChI=1S/C12H13NO2/c1-3-11(14)15-12-9(2)8-13-7-5-4-6-10(12)13/h4-8H,3H2,1-2H3. The van der Waals surface area contributed by atoms with E-state index in [1.165, 1.54) is 0 Å². The molecule has 2 aromatic heterocycles. The van der Waals surface area contributed by atoms with Crippen LogP contribution in [0.25, 0.3) is 5.52 Å². The van der Waals surface area contributed by atoms with E-state index >= 15 is 0 Å². The first-order chi connectivity index (χ1) is 7.22. The Morgan fingerprint density at radius 3 is 3.00 bits per heavy atom. The van der Waals surface area contributed by atoms with Gasteiger partial charge in [0.05, 0.1) is 5.52 Å². The van der Waals surface area contributed by atoms with E-state index in [9.17, 15) is 4.79 Å². The monoisotopic (exact) mass is 203 g/mol. The summed E-state index contributed by atoms with van der Waals surface area (Å²) in [5.41, 5.74) is 1.90. The summed E-state index contributed by atoms with van der Waals surface area (Å²) in [7, 11) is 0. The molecule has 0 aliphatic carbocycles. The van der Waals surface area contributed by atoms with Gasteiger partial charge in [0.25, 0.3) is 0 Å². The average molecular weight is 203 g/mol. The van der Waals surface area contributed by atoms with Gasteiger partial charge in [0.15, 0.2) is 5.75 Å². The molecule has 2 aromatic rings. The molecule has 3 heteroatoms. The third-order valence-electron chi connectivity index (χ3n) is 2.32. The quantitative estimate of drug-likeness (QED) is 0.702. The second-order valence-electron chi connectivity index (χ2n) is 3.46. The zero-order valence-corrected chi connectivity index (χ0v) is 8.86. The Hall–Kier alpha value is -1.77. The minimum atomic E-state index is -0.199. The Morgan fingerprint density at radius 1 is 1.47 bits per heavy atom. The number of aromatic nitrogens is 1. The minimum Gasteiger partial charge on any atom is -0.424 e. The molecule has 0 amide bonds. The van der Waals surface area contributed by atoms with Crippen LogP contribution in [0.5, 0.6) is 5.75 Å². The molecule has 0 saturated heterocycles. The molecular formula is C12H13NO2. The summed E-state index contributed by atoms with van der Waals surface area (Å²) in [5, 5.41) is 0. The molecule has 0 aliphatic heterocycles. The van der Waals surface area contributed by atoms with Gasteiger partial charge in [0.1, 0.15) is 0 Å². The number of carbonyl (C=O) groups is 1. The number of aryl methyl sites for hydroxylation is 1. The van der Waals surface area contributed by atoms with E-state index in [0.717, 1.165) is 11.1 Å². The molecule has 3 nitrogen and oxygen atoms in total. The highest BCUT2D eigenvalue weighted by Crippen LogP contribution is 2.26. The van der Waals surface area contributed by atoms with Gasteiger partial charge in [-0.15, -0.1) is 0 Å². The van der Waals surface area contributed by atoms with Gasteiger partial charge < -0.3 is 9.14 Å². The zero-order chi connectivity index (χ0) is 10.8. The Labute approximate surface area is 88.3 Å². The topological polar surface area (TPSA) is 30.7 Å². The maximum atomic E-state index is 11.2. The third kappa shape index (κ3) is 1.73. The molecule has 15 heavy (non-hydrogen) atoms. The number of carbonyl (C=O) groups excluding carboxylic acids is 1. The van der Waals surface area contributed by atoms with Crippen LogP contribution in [0.3, 0.4) is 0 Å². The van der Waals surface area contributed by atoms with Crippen molar-refractivity contribution in [1.82, 2.24) is 4.40 Å². The Kier molecular flexibility index (Phi) is 2.46. The number of rotatable bonds is 2. The van der Waals surface area contributed by atoms with Crippen LogP contribution in [0.4, 0.5) is 0 Å². The number of fused-ring (bicyclic) bond motifs is 1. The lowest BCUT2D eigenvalue weighted by Gasteiger charge is -2.02. The molecule has 0 aromatic carbocycles.